The van der Waals surface area contributed by atoms with E-state index in [2.05, 4.69) is 15.9 Å². The molecule has 0 amide bonds. The zero-order valence-corrected chi connectivity index (χ0v) is 20.8. The summed E-state index contributed by atoms with van der Waals surface area (Å²) in [6.45, 7) is 0. The summed E-state index contributed by atoms with van der Waals surface area (Å²) in [4.78, 5) is 56.2. The molecule has 0 saturated carbocycles. The van der Waals surface area contributed by atoms with Crippen molar-refractivity contribution >= 4 is 68.3 Å². The van der Waals surface area contributed by atoms with Crippen LogP contribution in [-0.2, 0) is 14.3 Å². The van der Waals surface area contributed by atoms with Crippen LogP contribution in [0.3, 0.4) is 0 Å². The molecule has 35 heavy (non-hydrogen) atoms. The van der Waals surface area contributed by atoms with E-state index in [1.807, 2.05) is 0 Å². The van der Waals surface area contributed by atoms with Crippen molar-refractivity contribution in [2.24, 2.45) is 11.8 Å². The lowest BCUT2D eigenvalue weighted by Crippen LogP contribution is -2.59. The summed E-state index contributed by atoms with van der Waals surface area (Å²) < 4.78 is 5.85. The fraction of sp³-hybridized carbons (Fsp3) is 0.154. The van der Waals surface area contributed by atoms with Gasteiger partial charge in [-0.3, -0.25) is 19.2 Å². The van der Waals surface area contributed by atoms with Gasteiger partial charge in [0.1, 0.15) is 5.92 Å². The molecule has 3 aromatic carbocycles. The first kappa shape index (κ1) is 22.5. The molecule has 2 saturated heterocycles. The average molecular weight is 571 g/mol. The van der Waals surface area contributed by atoms with Crippen LogP contribution in [0, 0.1) is 11.8 Å². The molecule has 0 unspecified atom stereocenters. The summed E-state index contributed by atoms with van der Waals surface area (Å²) in [6.07, 6.45) is 0. The molecule has 6 rings (SSSR count). The minimum atomic E-state index is -2.03. The van der Waals surface area contributed by atoms with Gasteiger partial charge in [-0.05, 0) is 35.9 Å². The molecule has 0 radical (unpaired) electrons. The van der Waals surface area contributed by atoms with Gasteiger partial charge in [-0.15, -0.1) is 0 Å². The Hall–Kier alpha value is -3.00. The van der Waals surface area contributed by atoms with Gasteiger partial charge in [-0.2, -0.15) is 0 Å². The summed E-state index contributed by atoms with van der Waals surface area (Å²) in [6, 6.07) is 17.3. The van der Waals surface area contributed by atoms with E-state index >= 15 is 0 Å². The van der Waals surface area contributed by atoms with E-state index in [-0.39, 0.29) is 16.1 Å². The van der Waals surface area contributed by atoms with Crippen LogP contribution >= 0.6 is 39.1 Å². The molecule has 3 aromatic rings. The number of halogens is 3. The number of hydrogen-bond acceptors (Lipinski definition) is 6. The van der Waals surface area contributed by atoms with E-state index in [4.69, 9.17) is 27.9 Å². The number of esters is 2. The second kappa shape index (κ2) is 7.75. The standard InChI is InChI=1S/C26H14BrCl2NO5/c27-13-7-5-12(6-8-13)21-19-20(25(34)35-24(19)33)26(30(21)18-10-9-14(28)11-17(18)29)22(31)15-3-1-2-4-16(15)23(26)32/h1-11,19-21H/t19-,20+,21-/m0/s1. The summed E-state index contributed by atoms with van der Waals surface area (Å²) in [5.41, 5.74) is -0.722. The van der Waals surface area contributed by atoms with Crippen molar-refractivity contribution in [3.63, 3.8) is 0 Å². The van der Waals surface area contributed by atoms with E-state index in [1.54, 1.807) is 65.6 Å². The number of hydrogen-bond donors (Lipinski definition) is 0. The SMILES string of the molecule is O=C1OC(=O)[C@H]2[C@H]1[C@H](c1ccc(Br)cc1)N(c1ccc(Cl)cc1Cl)C21C(=O)c2ccccc2C1=O. The molecular weight excluding hydrogens is 557 g/mol. The van der Waals surface area contributed by atoms with Gasteiger partial charge in [0.2, 0.25) is 0 Å². The van der Waals surface area contributed by atoms with Crippen LogP contribution in [0.2, 0.25) is 10.0 Å². The predicted molar refractivity (Wildman–Crippen MR) is 132 cm³/mol. The fourth-order valence-corrected chi connectivity index (χ4v) is 6.48. The van der Waals surface area contributed by atoms with Gasteiger partial charge >= 0.3 is 11.9 Å². The zero-order valence-electron chi connectivity index (χ0n) is 17.7. The van der Waals surface area contributed by atoms with Crippen molar-refractivity contribution in [3.8, 4) is 0 Å². The molecule has 2 fully saturated rings. The molecule has 0 N–H and O–H groups in total. The average Bonchev–Trinajstić information content (AvgIpc) is 3.39. The molecule has 0 bridgehead atoms. The third kappa shape index (κ3) is 2.89. The highest BCUT2D eigenvalue weighted by Gasteiger charge is 2.76. The number of carbonyl (C=O) groups excluding carboxylic acids is 4. The van der Waals surface area contributed by atoms with Crippen LogP contribution in [0.15, 0.2) is 71.2 Å². The number of cyclic esters (lactones) is 2. The monoisotopic (exact) mass is 569 g/mol. The number of ether oxygens (including phenoxy) is 1. The lowest BCUT2D eigenvalue weighted by Gasteiger charge is -2.40. The molecule has 6 nitrogen and oxygen atoms in total. The van der Waals surface area contributed by atoms with Crippen molar-refractivity contribution in [3.05, 3.63) is 97.9 Å². The van der Waals surface area contributed by atoms with E-state index in [9.17, 15) is 19.2 Å². The Bertz CT molecular complexity index is 1440. The maximum Gasteiger partial charge on any atom is 0.320 e. The van der Waals surface area contributed by atoms with Crippen molar-refractivity contribution in [1.29, 1.82) is 0 Å². The van der Waals surface area contributed by atoms with E-state index in [0.29, 0.717) is 16.3 Å². The Balaban J connectivity index is 1.70. The molecule has 3 atom stereocenters. The van der Waals surface area contributed by atoms with Crippen LogP contribution in [0.1, 0.15) is 32.3 Å². The summed E-state index contributed by atoms with van der Waals surface area (Å²) in [5.74, 6) is -5.25. The van der Waals surface area contributed by atoms with Crippen LogP contribution in [0.4, 0.5) is 5.69 Å². The second-order valence-electron chi connectivity index (χ2n) is 8.68. The largest absolute Gasteiger partial charge is 0.393 e. The highest BCUT2D eigenvalue weighted by atomic mass is 79.9. The van der Waals surface area contributed by atoms with Crippen LogP contribution in [-0.4, -0.2) is 29.0 Å². The first-order valence-electron chi connectivity index (χ1n) is 10.7. The number of rotatable bonds is 2. The maximum atomic E-state index is 14.2. The summed E-state index contributed by atoms with van der Waals surface area (Å²) in [7, 11) is 0. The number of fused-ring (bicyclic) bond motifs is 3. The molecule has 2 aliphatic heterocycles. The smallest absolute Gasteiger partial charge is 0.320 e. The third-order valence-corrected chi connectivity index (χ3v) is 8.09. The number of anilines is 1. The van der Waals surface area contributed by atoms with Gasteiger partial charge in [-0.25, -0.2) is 0 Å². The van der Waals surface area contributed by atoms with Gasteiger partial charge in [0.25, 0.3) is 0 Å². The maximum absolute atomic E-state index is 14.2. The highest BCUT2D eigenvalue weighted by molar-refractivity contribution is 9.10. The minimum absolute atomic E-state index is 0.177. The van der Waals surface area contributed by atoms with Crippen LogP contribution in [0.5, 0.6) is 0 Å². The highest BCUT2D eigenvalue weighted by Crippen LogP contribution is 2.60. The third-order valence-electron chi connectivity index (χ3n) is 7.02. The van der Waals surface area contributed by atoms with Crippen molar-refractivity contribution in [2.75, 3.05) is 4.90 Å². The molecule has 1 spiro atoms. The Kier molecular flexibility index (Phi) is 4.97. The Morgan fingerprint density at radius 2 is 1.46 bits per heavy atom. The zero-order chi connectivity index (χ0) is 24.6. The number of ketones is 2. The number of nitrogens with zero attached hydrogens (tertiary/aromatic N) is 1. The molecule has 2 heterocycles. The molecule has 174 valence electrons. The Morgan fingerprint density at radius 1 is 0.829 bits per heavy atom. The summed E-state index contributed by atoms with van der Waals surface area (Å²) >= 11 is 16.2. The van der Waals surface area contributed by atoms with Crippen molar-refractivity contribution in [1.82, 2.24) is 0 Å². The molecule has 0 aromatic heterocycles. The number of carbonyl (C=O) groups is 4. The lowest BCUT2D eigenvalue weighted by molar-refractivity contribution is -0.154. The van der Waals surface area contributed by atoms with Gasteiger partial charge in [0.05, 0.1) is 22.7 Å². The predicted octanol–water partition coefficient (Wildman–Crippen LogP) is 5.45. The van der Waals surface area contributed by atoms with Gasteiger partial charge in [-0.1, -0.05) is 75.5 Å². The van der Waals surface area contributed by atoms with Gasteiger partial charge < -0.3 is 9.64 Å². The van der Waals surface area contributed by atoms with Crippen LogP contribution in [0.25, 0.3) is 0 Å². The number of Topliss-reactive ketones (excluding diaryl/α,β-unsaturated/α-hetero) is 2. The molecule has 3 aliphatic rings. The summed E-state index contributed by atoms with van der Waals surface area (Å²) in [5, 5.41) is 0.534. The molecule has 9 heteroatoms. The van der Waals surface area contributed by atoms with Gasteiger partial charge in [0, 0.05) is 20.6 Å². The molecular formula is C26H14BrCl2NO5. The van der Waals surface area contributed by atoms with Gasteiger partial charge in [0.15, 0.2) is 17.1 Å². The topological polar surface area (TPSA) is 80.8 Å². The van der Waals surface area contributed by atoms with Crippen molar-refractivity contribution in [2.45, 2.75) is 11.6 Å². The minimum Gasteiger partial charge on any atom is -0.393 e. The van der Waals surface area contributed by atoms with E-state index in [0.717, 1.165) is 4.47 Å². The first-order chi connectivity index (χ1) is 16.8. The fourth-order valence-electron chi connectivity index (χ4n) is 5.71. The quantitative estimate of drug-likeness (QED) is 0.301. The number of benzene rings is 3. The van der Waals surface area contributed by atoms with E-state index < -0.39 is 46.9 Å². The first-order valence-corrected chi connectivity index (χ1v) is 12.3. The lowest BCUT2D eigenvalue weighted by atomic mass is 9.76. The molecule has 1 aliphatic carbocycles. The second-order valence-corrected chi connectivity index (χ2v) is 10.4. The van der Waals surface area contributed by atoms with Crippen LogP contribution < -0.4 is 4.90 Å². The van der Waals surface area contributed by atoms with Crippen molar-refractivity contribution < 1.29 is 23.9 Å². The normalized spacial score (nSPS) is 24.2. The Labute approximate surface area is 217 Å². The van der Waals surface area contributed by atoms with E-state index in [1.165, 1.54) is 6.07 Å². The Morgan fingerprint density at radius 3 is 2.06 bits per heavy atom.